The van der Waals surface area contributed by atoms with E-state index in [1.165, 1.54) is 0 Å². The summed E-state index contributed by atoms with van der Waals surface area (Å²) in [5, 5.41) is 13.3. The summed E-state index contributed by atoms with van der Waals surface area (Å²) < 4.78 is 6.07. The lowest BCUT2D eigenvalue weighted by Crippen LogP contribution is -2.45. The SMILES string of the molecule is CC(C)N1CCC(O)C1OC1CCNCC1. The number of aliphatic hydroxyl groups excluding tert-OH is 1. The van der Waals surface area contributed by atoms with Crippen LogP contribution in [0.1, 0.15) is 33.1 Å². The van der Waals surface area contributed by atoms with Gasteiger partial charge in [-0.15, -0.1) is 0 Å². The molecule has 94 valence electrons. The van der Waals surface area contributed by atoms with Crippen molar-refractivity contribution in [1.29, 1.82) is 0 Å². The minimum Gasteiger partial charge on any atom is -0.389 e. The third kappa shape index (κ3) is 2.74. The third-order valence-corrected chi connectivity index (χ3v) is 3.62. The molecule has 0 aromatic rings. The number of hydrogen-bond donors (Lipinski definition) is 2. The van der Waals surface area contributed by atoms with Crippen LogP contribution >= 0.6 is 0 Å². The van der Waals surface area contributed by atoms with E-state index < -0.39 is 0 Å². The number of ether oxygens (including phenoxy) is 1. The molecule has 0 saturated carbocycles. The van der Waals surface area contributed by atoms with Gasteiger partial charge in [0.1, 0.15) is 6.23 Å². The van der Waals surface area contributed by atoms with Crippen LogP contribution in [-0.4, -0.2) is 54.1 Å². The molecule has 0 aliphatic carbocycles. The summed E-state index contributed by atoms with van der Waals surface area (Å²) in [6.45, 7) is 7.35. The molecule has 2 fully saturated rings. The van der Waals surface area contributed by atoms with Crippen molar-refractivity contribution in [3.8, 4) is 0 Å². The average molecular weight is 228 g/mol. The molecular weight excluding hydrogens is 204 g/mol. The van der Waals surface area contributed by atoms with Crippen molar-refractivity contribution in [2.75, 3.05) is 19.6 Å². The zero-order valence-electron chi connectivity index (χ0n) is 10.4. The first-order chi connectivity index (χ1) is 7.68. The zero-order valence-corrected chi connectivity index (χ0v) is 10.4. The second-order valence-electron chi connectivity index (χ2n) is 5.16. The zero-order chi connectivity index (χ0) is 11.5. The molecule has 0 amide bonds. The Morgan fingerprint density at radius 3 is 2.56 bits per heavy atom. The van der Waals surface area contributed by atoms with Gasteiger partial charge in [-0.05, 0) is 46.2 Å². The maximum Gasteiger partial charge on any atom is 0.137 e. The summed E-state index contributed by atoms with van der Waals surface area (Å²) in [7, 11) is 0. The predicted molar refractivity (Wildman–Crippen MR) is 63.2 cm³/mol. The van der Waals surface area contributed by atoms with Gasteiger partial charge >= 0.3 is 0 Å². The molecule has 2 N–H and O–H groups in total. The van der Waals surface area contributed by atoms with E-state index in [0.717, 1.165) is 38.9 Å². The second kappa shape index (κ2) is 5.45. The molecule has 2 rings (SSSR count). The van der Waals surface area contributed by atoms with E-state index in [0.29, 0.717) is 12.1 Å². The lowest BCUT2D eigenvalue weighted by Gasteiger charge is -2.34. The van der Waals surface area contributed by atoms with Gasteiger partial charge in [0.25, 0.3) is 0 Å². The van der Waals surface area contributed by atoms with E-state index >= 15 is 0 Å². The Morgan fingerprint density at radius 1 is 1.25 bits per heavy atom. The van der Waals surface area contributed by atoms with Crippen LogP contribution in [0.5, 0.6) is 0 Å². The Labute approximate surface area is 98.0 Å². The Bertz CT molecular complexity index is 217. The normalized spacial score (nSPS) is 33.8. The summed E-state index contributed by atoms with van der Waals surface area (Å²) in [5.74, 6) is 0. The van der Waals surface area contributed by atoms with Crippen LogP contribution < -0.4 is 5.32 Å². The lowest BCUT2D eigenvalue weighted by molar-refractivity contribution is -0.136. The highest BCUT2D eigenvalue weighted by Crippen LogP contribution is 2.24. The van der Waals surface area contributed by atoms with E-state index in [9.17, 15) is 5.11 Å². The van der Waals surface area contributed by atoms with Crippen LogP contribution in [0.25, 0.3) is 0 Å². The van der Waals surface area contributed by atoms with Gasteiger partial charge in [-0.3, -0.25) is 4.90 Å². The first kappa shape index (κ1) is 12.3. The molecule has 2 atom stereocenters. The molecule has 0 aromatic carbocycles. The van der Waals surface area contributed by atoms with E-state index in [4.69, 9.17) is 4.74 Å². The number of nitrogens with one attached hydrogen (secondary N) is 1. The average Bonchev–Trinajstić information content (AvgIpc) is 2.62. The lowest BCUT2D eigenvalue weighted by atomic mass is 10.1. The van der Waals surface area contributed by atoms with Crippen molar-refractivity contribution in [2.45, 2.75) is 57.6 Å². The molecule has 2 heterocycles. The van der Waals surface area contributed by atoms with Crippen LogP contribution in [0.4, 0.5) is 0 Å². The molecule has 2 saturated heterocycles. The molecule has 0 bridgehead atoms. The molecule has 0 radical (unpaired) electrons. The second-order valence-corrected chi connectivity index (χ2v) is 5.16. The van der Waals surface area contributed by atoms with Crippen LogP contribution in [-0.2, 0) is 4.74 Å². The van der Waals surface area contributed by atoms with Gasteiger partial charge < -0.3 is 15.2 Å². The van der Waals surface area contributed by atoms with E-state index in [-0.39, 0.29) is 12.3 Å². The van der Waals surface area contributed by atoms with Gasteiger partial charge in [-0.1, -0.05) is 0 Å². The fourth-order valence-electron chi connectivity index (χ4n) is 2.62. The van der Waals surface area contributed by atoms with Crippen LogP contribution in [0, 0.1) is 0 Å². The standard InChI is InChI=1S/C12H24N2O2/c1-9(2)14-8-5-11(15)12(14)16-10-3-6-13-7-4-10/h9-13,15H,3-8H2,1-2H3. The van der Waals surface area contributed by atoms with Crippen molar-refractivity contribution in [1.82, 2.24) is 10.2 Å². The highest BCUT2D eigenvalue weighted by molar-refractivity contribution is 4.84. The Morgan fingerprint density at radius 2 is 1.94 bits per heavy atom. The van der Waals surface area contributed by atoms with Crippen molar-refractivity contribution >= 4 is 0 Å². The summed E-state index contributed by atoms with van der Waals surface area (Å²) in [6, 6.07) is 0.448. The molecule has 2 aliphatic heterocycles. The first-order valence-corrected chi connectivity index (χ1v) is 6.48. The van der Waals surface area contributed by atoms with Crippen molar-refractivity contribution < 1.29 is 9.84 Å². The fraction of sp³-hybridized carbons (Fsp3) is 1.00. The number of nitrogens with zero attached hydrogens (tertiary/aromatic N) is 1. The monoisotopic (exact) mass is 228 g/mol. The summed E-state index contributed by atoms with van der Waals surface area (Å²) >= 11 is 0. The van der Waals surface area contributed by atoms with Crippen LogP contribution in [0.3, 0.4) is 0 Å². The Kier molecular flexibility index (Phi) is 4.19. The smallest absolute Gasteiger partial charge is 0.137 e. The number of piperidine rings is 1. The van der Waals surface area contributed by atoms with Crippen molar-refractivity contribution in [3.05, 3.63) is 0 Å². The summed E-state index contributed by atoms with van der Waals surface area (Å²) in [5.41, 5.74) is 0. The van der Waals surface area contributed by atoms with Gasteiger partial charge in [-0.2, -0.15) is 0 Å². The topological polar surface area (TPSA) is 44.7 Å². The van der Waals surface area contributed by atoms with Gasteiger partial charge in [-0.25, -0.2) is 0 Å². The summed E-state index contributed by atoms with van der Waals surface area (Å²) in [6.07, 6.45) is 2.90. The molecule has 2 unspecified atom stereocenters. The number of aliphatic hydroxyl groups is 1. The van der Waals surface area contributed by atoms with Crippen LogP contribution in [0.2, 0.25) is 0 Å². The minimum atomic E-state index is -0.308. The summed E-state index contributed by atoms with van der Waals surface area (Å²) in [4.78, 5) is 2.27. The van der Waals surface area contributed by atoms with Crippen molar-refractivity contribution in [3.63, 3.8) is 0 Å². The Hall–Kier alpha value is -0.160. The number of likely N-dealkylation sites (tertiary alicyclic amines) is 1. The van der Waals surface area contributed by atoms with Gasteiger partial charge in [0, 0.05) is 12.6 Å². The highest BCUT2D eigenvalue weighted by atomic mass is 16.5. The molecule has 4 nitrogen and oxygen atoms in total. The fourth-order valence-corrected chi connectivity index (χ4v) is 2.62. The number of hydrogen-bond acceptors (Lipinski definition) is 4. The minimum absolute atomic E-state index is 0.0805. The van der Waals surface area contributed by atoms with E-state index in [2.05, 4.69) is 24.1 Å². The molecule has 4 heteroatoms. The largest absolute Gasteiger partial charge is 0.389 e. The van der Waals surface area contributed by atoms with Crippen LogP contribution in [0.15, 0.2) is 0 Å². The quantitative estimate of drug-likeness (QED) is 0.741. The number of rotatable bonds is 3. The first-order valence-electron chi connectivity index (χ1n) is 6.48. The highest BCUT2D eigenvalue weighted by Gasteiger charge is 2.36. The molecule has 0 aromatic heterocycles. The van der Waals surface area contributed by atoms with Gasteiger partial charge in [0.05, 0.1) is 12.2 Å². The molecule has 2 aliphatic rings. The Balaban J connectivity index is 1.89. The van der Waals surface area contributed by atoms with Gasteiger partial charge in [0.2, 0.25) is 0 Å². The van der Waals surface area contributed by atoms with E-state index in [1.807, 2.05) is 0 Å². The predicted octanol–water partition coefficient (Wildman–Crippen LogP) is 0.556. The van der Waals surface area contributed by atoms with E-state index in [1.54, 1.807) is 0 Å². The van der Waals surface area contributed by atoms with Crippen molar-refractivity contribution in [2.24, 2.45) is 0 Å². The third-order valence-electron chi connectivity index (χ3n) is 3.62. The molecule has 16 heavy (non-hydrogen) atoms. The maximum absolute atomic E-state index is 9.96. The van der Waals surface area contributed by atoms with Gasteiger partial charge in [0.15, 0.2) is 0 Å². The molecule has 0 spiro atoms. The maximum atomic E-state index is 9.96. The molecular formula is C12H24N2O2.